The number of fused-ring (bicyclic) bond motifs is 1. The number of hydrogen-bond acceptors (Lipinski definition) is 7. The van der Waals surface area contributed by atoms with Crippen molar-refractivity contribution in [1.29, 1.82) is 0 Å². The minimum Gasteiger partial charge on any atom is -0.344 e. The third kappa shape index (κ3) is 4.40. The molecule has 1 fully saturated rings. The van der Waals surface area contributed by atoms with E-state index in [1.54, 1.807) is 46.7 Å². The number of rotatable bonds is 5. The largest absolute Gasteiger partial charge is 0.344 e. The molecule has 9 heteroatoms. The maximum Gasteiger partial charge on any atom is 0.223 e. The molecule has 0 radical (unpaired) electrons. The molecule has 1 aliphatic rings. The number of sulfone groups is 1. The number of nitrogens with zero attached hydrogens (tertiary/aromatic N) is 4. The summed E-state index contributed by atoms with van der Waals surface area (Å²) in [4.78, 5) is 26.5. The maximum absolute atomic E-state index is 12.5. The van der Waals surface area contributed by atoms with Crippen LogP contribution in [-0.4, -0.2) is 61.1 Å². The van der Waals surface area contributed by atoms with Crippen molar-refractivity contribution >= 4 is 42.6 Å². The summed E-state index contributed by atoms with van der Waals surface area (Å²) in [5.74, 6) is -0.287. The van der Waals surface area contributed by atoms with Gasteiger partial charge in [0.1, 0.15) is 10.3 Å². The van der Waals surface area contributed by atoms with Crippen LogP contribution in [0.5, 0.6) is 0 Å². The number of carbonyl (C=O) groups excluding carboxylic acids is 1. The van der Waals surface area contributed by atoms with Crippen molar-refractivity contribution < 1.29 is 13.2 Å². The Kier molecular flexibility index (Phi) is 5.51. The van der Waals surface area contributed by atoms with Crippen molar-refractivity contribution in [2.45, 2.75) is 18.2 Å². The fourth-order valence-corrected chi connectivity index (χ4v) is 5.47. The van der Waals surface area contributed by atoms with E-state index in [2.05, 4.69) is 14.9 Å². The zero-order valence-corrected chi connectivity index (χ0v) is 17.7. The first-order valence-corrected chi connectivity index (χ1v) is 11.9. The molecule has 3 aromatic rings. The Morgan fingerprint density at radius 1 is 1.10 bits per heavy atom. The number of aryl methyl sites for hydroxylation is 1. The van der Waals surface area contributed by atoms with Gasteiger partial charge in [0, 0.05) is 38.8 Å². The maximum atomic E-state index is 12.5. The summed E-state index contributed by atoms with van der Waals surface area (Å²) >= 11 is 1.55. The molecule has 1 saturated heterocycles. The molecule has 0 unspecified atom stereocenters. The van der Waals surface area contributed by atoms with Crippen molar-refractivity contribution in [1.82, 2.24) is 14.9 Å². The van der Waals surface area contributed by atoms with Gasteiger partial charge in [-0.2, -0.15) is 0 Å². The fraction of sp³-hybridized carbons (Fsp3) is 0.350. The molecule has 1 aliphatic heterocycles. The number of hydrogen-bond donors (Lipinski definition) is 0. The lowest BCUT2D eigenvalue weighted by Crippen LogP contribution is -2.49. The molecule has 4 rings (SSSR count). The molecular formula is C20H22N4O3S2. The summed E-state index contributed by atoms with van der Waals surface area (Å²) in [6.07, 6.45) is 1.76. The second-order valence-electron chi connectivity index (χ2n) is 7.07. The van der Waals surface area contributed by atoms with Crippen LogP contribution < -0.4 is 4.90 Å². The Labute approximate surface area is 173 Å². The summed E-state index contributed by atoms with van der Waals surface area (Å²) < 4.78 is 24.9. The highest BCUT2D eigenvalue weighted by atomic mass is 32.2. The monoisotopic (exact) mass is 430 g/mol. The molecule has 0 bridgehead atoms. The molecule has 0 spiro atoms. The standard InChI is InChI=1S/C20H22N4O3S2/c1-15-4-6-16(7-5-15)29(26,27)14-8-18(25)23-10-12-24(13-11-23)20-22-17-3-2-9-21-19(17)28-20/h2-7,9H,8,10-14H2,1H3. The second kappa shape index (κ2) is 8.08. The van der Waals surface area contributed by atoms with E-state index in [0.29, 0.717) is 26.2 Å². The van der Waals surface area contributed by atoms with Gasteiger partial charge >= 0.3 is 0 Å². The Morgan fingerprint density at radius 3 is 2.52 bits per heavy atom. The van der Waals surface area contributed by atoms with Crippen molar-refractivity contribution in [2.24, 2.45) is 0 Å². The van der Waals surface area contributed by atoms with Crippen LogP contribution in [0, 0.1) is 6.92 Å². The molecule has 1 aromatic carbocycles. The summed E-state index contributed by atoms with van der Waals surface area (Å²) in [6.45, 7) is 4.39. The van der Waals surface area contributed by atoms with Crippen LogP contribution in [0.3, 0.4) is 0 Å². The van der Waals surface area contributed by atoms with Gasteiger partial charge in [0.15, 0.2) is 15.0 Å². The van der Waals surface area contributed by atoms with Crippen LogP contribution >= 0.6 is 11.3 Å². The van der Waals surface area contributed by atoms with Gasteiger partial charge in [-0.1, -0.05) is 29.0 Å². The minimum absolute atomic E-state index is 0.00126. The van der Waals surface area contributed by atoms with Gasteiger partial charge in [0.2, 0.25) is 5.91 Å². The van der Waals surface area contributed by atoms with Crippen LogP contribution in [0.4, 0.5) is 5.13 Å². The van der Waals surface area contributed by atoms with Crippen LogP contribution in [0.15, 0.2) is 47.5 Å². The third-order valence-corrected chi connectivity index (χ3v) is 7.79. The number of pyridine rings is 1. The molecule has 29 heavy (non-hydrogen) atoms. The average Bonchev–Trinajstić information content (AvgIpc) is 3.17. The molecule has 7 nitrogen and oxygen atoms in total. The molecular weight excluding hydrogens is 408 g/mol. The van der Waals surface area contributed by atoms with Crippen LogP contribution in [0.25, 0.3) is 10.3 Å². The lowest BCUT2D eigenvalue weighted by Gasteiger charge is -2.34. The van der Waals surface area contributed by atoms with E-state index in [4.69, 9.17) is 0 Å². The number of benzene rings is 1. The normalized spacial score (nSPS) is 15.1. The molecule has 0 atom stereocenters. The molecule has 2 aromatic heterocycles. The summed E-state index contributed by atoms with van der Waals surface area (Å²) in [5.41, 5.74) is 1.88. The highest BCUT2D eigenvalue weighted by Gasteiger charge is 2.25. The smallest absolute Gasteiger partial charge is 0.223 e. The molecule has 152 valence electrons. The fourth-order valence-electron chi connectivity index (χ4n) is 3.28. The predicted molar refractivity (Wildman–Crippen MR) is 114 cm³/mol. The van der Waals surface area contributed by atoms with Gasteiger partial charge in [0.25, 0.3) is 0 Å². The summed E-state index contributed by atoms with van der Waals surface area (Å²) in [5, 5.41) is 0.910. The van der Waals surface area contributed by atoms with Gasteiger partial charge in [0.05, 0.1) is 10.6 Å². The van der Waals surface area contributed by atoms with E-state index in [9.17, 15) is 13.2 Å². The highest BCUT2D eigenvalue weighted by molar-refractivity contribution is 7.91. The highest BCUT2D eigenvalue weighted by Crippen LogP contribution is 2.27. The first-order valence-electron chi connectivity index (χ1n) is 9.46. The zero-order chi connectivity index (χ0) is 20.4. The van der Waals surface area contributed by atoms with E-state index >= 15 is 0 Å². The summed E-state index contributed by atoms with van der Waals surface area (Å²) in [7, 11) is -3.45. The van der Waals surface area contributed by atoms with Gasteiger partial charge in [-0.15, -0.1) is 0 Å². The number of piperazine rings is 1. The van der Waals surface area contributed by atoms with Crippen LogP contribution in [-0.2, 0) is 14.6 Å². The SMILES string of the molecule is Cc1ccc(S(=O)(=O)CCC(=O)N2CCN(c3nc4cccnc4s3)CC2)cc1. The van der Waals surface area contributed by atoms with E-state index in [0.717, 1.165) is 21.0 Å². The number of amides is 1. The molecule has 0 N–H and O–H groups in total. The Balaban J connectivity index is 1.32. The average molecular weight is 431 g/mol. The van der Waals surface area contributed by atoms with Crippen LogP contribution in [0.2, 0.25) is 0 Å². The lowest BCUT2D eigenvalue weighted by molar-refractivity contribution is -0.131. The number of carbonyl (C=O) groups is 1. The molecule has 0 aliphatic carbocycles. The molecule has 0 saturated carbocycles. The third-order valence-electron chi connectivity index (χ3n) is 5.02. The number of thiazole rings is 1. The van der Waals surface area contributed by atoms with E-state index in [1.807, 2.05) is 19.1 Å². The van der Waals surface area contributed by atoms with E-state index < -0.39 is 9.84 Å². The Morgan fingerprint density at radius 2 is 1.83 bits per heavy atom. The van der Waals surface area contributed by atoms with Crippen molar-refractivity contribution in [3.63, 3.8) is 0 Å². The van der Waals surface area contributed by atoms with Crippen molar-refractivity contribution in [3.05, 3.63) is 48.2 Å². The topological polar surface area (TPSA) is 83.5 Å². The minimum atomic E-state index is -3.45. The Hall–Kier alpha value is -2.52. The van der Waals surface area contributed by atoms with E-state index in [-0.39, 0.29) is 23.0 Å². The summed E-state index contributed by atoms with van der Waals surface area (Å²) in [6, 6.07) is 10.5. The Bertz CT molecular complexity index is 1090. The second-order valence-corrected chi connectivity index (χ2v) is 10.1. The number of aromatic nitrogens is 2. The number of anilines is 1. The van der Waals surface area contributed by atoms with Gasteiger partial charge in [-0.25, -0.2) is 18.4 Å². The molecule has 3 heterocycles. The van der Waals surface area contributed by atoms with E-state index in [1.165, 1.54) is 0 Å². The van der Waals surface area contributed by atoms with Gasteiger partial charge in [-0.05, 0) is 31.2 Å². The predicted octanol–water partition coefficient (Wildman–Crippen LogP) is 2.51. The first kappa shape index (κ1) is 19.8. The lowest BCUT2D eigenvalue weighted by atomic mass is 10.2. The quantitative estimate of drug-likeness (QED) is 0.619. The first-order chi connectivity index (χ1) is 13.9. The van der Waals surface area contributed by atoms with Gasteiger partial charge < -0.3 is 9.80 Å². The van der Waals surface area contributed by atoms with Crippen molar-refractivity contribution in [3.8, 4) is 0 Å². The van der Waals surface area contributed by atoms with Crippen molar-refractivity contribution in [2.75, 3.05) is 36.8 Å². The zero-order valence-electron chi connectivity index (χ0n) is 16.1. The van der Waals surface area contributed by atoms with Crippen LogP contribution in [0.1, 0.15) is 12.0 Å². The van der Waals surface area contributed by atoms with Gasteiger partial charge in [-0.3, -0.25) is 4.79 Å². The molecule has 1 amide bonds.